The molecule has 16 heavy (non-hydrogen) atoms. The fourth-order valence-corrected chi connectivity index (χ4v) is 0.972. The maximum absolute atomic E-state index is 13.2. The number of aromatic hydroxyl groups is 1. The van der Waals surface area contributed by atoms with Gasteiger partial charge in [0.25, 0.3) is 0 Å². The van der Waals surface area contributed by atoms with Crippen molar-refractivity contribution in [3.63, 3.8) is 0 Å². The highest BCUT2D eigenvalue weighted by Gasteiger charge is 2.16. The minimum atomic E-state index is -0.867. The van der Waals surface area contributed by atoms with E-state index in [1.807, 2.05) is 0 Å². The molecule has 1 aromatic carbocycles. The van der Waals surface area contributed by atoms with Gasteiger partial charge in [-0.05, 0) is 0 Å². The van der Waals surface area contributed by atoms with E-state index in [4.69, 9.17) is 10.4 Å². The molecule has 80 valence electrons. The Morgan fingerprint density at radius 1 is 1.56 bits per heavy atom. The van der Waals surface area contributed by atoms with E-state index in [1.54, 1.807) is 6.07 Å². The molecular weight excluding hydrogens is 215 g/mol. The number of hydrogen-bond acceptors (Lipinski definition) is 4. The van der Waals surface area contributed by atoms with E-state index < -0.39 is 22.2 Å². The van der Waals surface area contributed by atoms with Gasteiger partial charge >= 0.3 is 5.69 Å². The van der Waals surface area contributed by atoms with Crippen molar-refractivity contribution in [1.82, 2.24) is 0 Å². The van der Waals surface area contributed by atoms with Crippen LogP contribution in [0.1, 0.15) is 12.0 Å². The Morgan fingerprint density at radius 2 is 2.25 bits per heavy atom. The van der Waals surface area contributed by atoms with Gasteiger partial charge in [-0.25, -0.2) is 4.39 Å². The number of phenols is 1. The molecule has 0 aromatic heterocycles. The lowest BCUT2D eigenvalue weighted by molar-refractivity contribution is -0.385. The minimum Gasteiger partial charge on any atom is -0.502 e. The van der Waals surface area contributed by atoms with E-state index in [1.165, 1.54) is 0 Å². The Morgan fingerprint density at radius 3 is 2.81 bits per heavy atom. The smallest absolute Gasteiger partial charge is 0.312 e. The maximum Gasteiger partial charge on any atom is 0.312 e. The summed E-state index contributed by atoms with van der Waals surface area (Å²) >= 11 is 0. The fourth-order valence-electron chi connectivity index (χ4n) is 0.972. The summed E-state index contributed by atoms with van der Waals surface area (Å²) < 4.78 is 13.2. The zero-order valence-corrected chi connectivity index (χ0v) is 7.90. The van der Waals surface area contributed by atoms with E-state index in [0.29, 0.717) is 6.07 Å². The molecule has 0 aliphatic carbocycles. The second-order valence-electron chi connectivity index (χ2n) is 2.71. The highest BCUT2D eigenvalue weighted by molar-refractivity contribution is 5.52. The van der Waals surface area contributed by atoms with Crippen LogP contribution in [-0.2, 0) is 0 Å². The molecular formula is C10H5FN2O3. The summed E-state index contributed by atoms with van der Waals surface area (Å²) in [6.07, 6.45) is -0.103. The second-order valence-corrected chi connectivity index (χ2v) is 2.71. The second kappa shape index (κ2) is 4.76. The van der Waals surface area contributed by atoms with Crippen molar-refractivity contribution in [2.75, 3.05) is 0 Å². The van der Waals surface area contributed by atoms with E-state index in [-0.39, 0.29) is 12.0 Å². The Bertz CT molecular complexity index is 537. The van der Waals surface area contributed by atoms with E-state index >= 15 is 0 Å². The molecule has 0 heterocycles. The van der Waals surface area contributed by atoms with Crippen LogP contribution in [0.15, 0.2) is 12.1 Å². The van der Waals surface area contributed by atoms with Crippen molar-refractivity contribution < 1.29 is 14.4 Å². The minimum absolute atomic E-state index is 0.103. The first-order chi connectivity index (χ1) is 7.56. The predicted octanol–water partition coefficient (Wildman–Crippen LogP) is 1.70. The molecule has 0 saturated heterocycles. The normalized spacial score (nSPS) is 8.75. The lowest BCUT2D eigenvalue weighted by Crippen LogP contribution is -1.92. The van der Waals surface area contributed by atoms with Gasteiger partial charge in [-0.15, -0.1) is 0 Å². The summed E-state index contributed by atoms with van der Waals surface area (Å²) in [5.41, 5.74) is -0.845. The number of phenolic OH excluding ortho intramolecular Hbond substituents is 1. The quantitative estimate of drug-likeness (QED) is 0.443. The number of hydrogen-bond donors (Lipinski definition) is 1. The van der Waals surface area contributed by atoms with Crippen molar-refractivity contribution in [1.29, 1.82) is 5.26 Å². The van der Waals surface area contributed by atoms with Crippen molar-refractivity contribution in [2.24, 2.45) is 0 Å². The maximum atomic E-state index is 13.2. The molecule has 0 bridgehead atoms. The van der Waals surface area contributed by atoms with Gasteiger partial charge in [0.15, 0.2) is 5.75 Å². The first-order valence-electron chi connectivity index (χ1n) is 4.09. The third kappa shape index (κ3) is 2.46. The monoisotopic (exact) mass is 220 g/mol. The molecule has 0 aliphatic heterocycles. The average Bonchev–Trinajstić information content (AvgIpc) is 2.21. The van der Waals surface area contributed by atoms with Crippen LogP contribution in [-0.4, -0.2) is 10.0 Å². The molecule has 6 heteroatoms. The summed E-state index contributed by atoms with van der Waals surface area (Å²) in [6, 6.07) is 3.17. The lowest BCUT2D eigenvalue weighted by Gasteiger charge is -1.98. The highest BCUT2D eigenvalue weighted by atomic mass is 19.1. The molecule has 0 unspecified atom stereocenters. The zero-order valence-electron chi connectivity index (χ0n) is 7.90. The molecule has 0 aliphatic rings. The molecule has 0 spiro atoms. The Labute approximate surface area is 89.9 Å². The van der Waals surface area contributed by atoms with Gasteiger partial charge in [0.05, 0.1) is 23.0 Å². The Kier molecular flexibility index (Phi) is 3.41. The van der Waals surface area contributed by atoms with Crippen molar-refractivity contribution in [3.8, 4) is 23.7 Å². The molecule has 1 aromatic rings. The van der Waals surface area contributed by atoms with Crippen molar-refractivity contribution >= 4 is 5.69 Å². The fraction of sp³-hybridized carbons (Fsp3) is 0.100. The van der Waals surface area contributed by atoms with Crippen LogP contribution in [0.3, 0.4) is 0 Å². The SMILES string of the molecule is N#CCC#Cc1cc([N+](=O)[O-])c(O)cc1F. The molecule has 0 atom stereocenters. The van der Waals surface area contributed by atoms with Gasteiger partial charge < -0.3 is 5.11 Å². The number of nitro groups is 1. The third-order valence-electron chi connectivity index (χ3n) is 1.65. The van der Waals surface area contributed by atoms with Crippen LogP contribution in [0.2, 0.25) is 0 Å². The van der Waals surface area contributed by atoms with Crippen LogP contribution < -0.4 is 0 Å². The van der Waals surface area contributed by atoms with E-state index in [2.05, 4.69) is 11.8 Å². The molecule has 0 fully saturated rings. The van der Waals surface area contributed by atoms with Crippen LogP contribution in [0.5, 0.6) is 5.75 Å². The molecule has 5 nitrogen and oxygen atoms in total. The van der Waals surface area contributed by atoms with Crippen molar-refractivity contribution in [2.45, 2.75) is 6.42 Å². The van der Waals surface area contributed by atoms with Gasteiger partial charge in [-0.3, -0.25) is 10.1 Å². The summed E-state index contributed by atoms with van der Waals surface area (Å²) in [7, 11) is 0. The molecule has 0 radical (unpaired) electrons. The third-order valence-corrected chi connectivity index (χ3v) is 1.65. The van der Waals surface area contributed by atoms with Gasteiger partial charge in [-0.1, -0.05) is 11.8 Å². The van der Waals surface area contributed by atoms with E-state index in [0.717, 1.165) is 6.07 Å². The first kappa shape index (κ1) is 11.5. The molecule has 1 rings (SSSR count). The zero-order chi connectivity index (χ0) is 12.1. The first-order valence-corrected chi connectivity index (χ1v) is 4.09. The number of nitriles is 1. The number of nitrogens with zero attached hydrogens (tertiary/aromatic N) is 2. The van der Waals surface area contributed by atoms with Crippen molar-refractivity contribution in [3.05, 3.63) is 33.6 Å². The van der Waals surface area contributed by atoms with E-state index in [9.17, 15) is 14.5 Å². The molecule has 0 saturated carbocycles. The average molecular weight is 220 g/mol. The highest BCUT2D eigenvalue weighted by Crippen LogP contribution is 2.28. The predicted molar refractivity (Wildman–Crippen MR) is 51.8 cm³/mol. The number of halogens is 1. The largest absolute Gasteiger partial charge is 0.502 e. The summed E-state index contributed by atoms with van der Waals surface area (Å²) in [4.78, 5) is 9.59. The topological polar surface area (TPSA) is 87.2 Å². The Hall–Kier alpha value is -2.60. The van der Waals surface area contributed by atoms with Crippen LogP contribution in [0.25, 0.3) is 0 Å². The number of nitro benzene ring substituents is 1. The van der Waals surface area contributed by atoms with Crippen LogP contribution in [0.4, 0.5) is 10.1 Å². The van der Waals surface area contributed by atoms with Gasteiger partial charge in [-0.2, -0.15) is 5.26 Å². The lowest BCUT2D eigenvalue weighted by atomic mass is 10.1. The molecule has 0 amide bonds. The van der Waals surface area contributed by atoms with Gasteiger partial charge in [0.2, 0.25) is 0 Å². The van der Waals surface area contributed by atoms with Gasteiger partial charge in [0, 0.05) is 12.1 Å². The van der Waals surface area contributed by atoms with Crippen LogP contribution in [0, 0.1) is 39.1 Å². The Balaban J connectivity index is 3.22. The van der Waals surface area contributed by atoms with Gasteiger partial charge in [0.1, 0.15) is 5.82 Å². The standard InChI is InChI=1S/C10H5FN2O3/c11-8-6-10(14)9(13(15)16)5-7(8)3-1-2-4-12/h5-6,14H,2H2. The summed E-state index contributed by atoms with van der Waals surface area (Å²) in [6.45, 7) is 0. The van der Waals surface area contributed by atoms with Crippen LogP contribution >= 0.6 is 0 Å². The summed E-state index contributed by atoms with van der Waals surface area (Å²) in [5.74, 6) is 2.97. The summed E-state index contributed by atoms with van der Waals surface area (Å²) in [5, 5.41) is 27.7. The number of rotatable bonds is 1. The number of benzene rings is 1. The molecule has 1 N–H and O–H groups in total.